The van der Waals surface area contributed by atoms with Crippen molar-refractivity contribution in [3.05, 3.63) is 214 Å². The summed E-state index contributed by atoms with van der Waals surface area (Å²) in [7, 11) is 0. The van der Waals surface area contributed by atoms with E-state index in [1.165, 1.54) is 0 Å². The summed E-state index contributed by atoms with van der Waals surface area (Å²) in [6.45, 7) is 8.39. The lowest BCUT2D eigenvalue weighted by molar-refractivity contribution is 1.08. The lowest BCUT2D eigenvalue weighted by Crippen LogP contribution is -2.11. The molecule has 1 aliphatic heterocycles. The summed E-state index contributed by atoms with van der Waals surface area (Å²) in [4.78, 5) is 36.6. The number of aromatic nitrogens is 4. The normalized spacial score (nSPS) is 12.1. The summed E-state index contributed by atoms with van der Waals surface area (Å²) in [6, 6.07) is 58.5. The van der Waals surface area contributed by atoms with Crippen LogP contribution < -0.4 is 43.2 Å². The summed E-state index contributed by atoms with van der Waals surface area (Å²) in [5, 5.41) is 22.8. The average molecular weight is 937 g/mol. The lowest BCUT2D eigenvalue weighted by atomic mass is 10.0. The fourth-order valence-electron chi connectivity index (χ4n) is 9.66. The van der Waals surface area contributed by atoms with E-state index in [0.717, 1.165) is 111 Å². The summed E-state index contributed by atoms with van der Waals surface area (Å²) >= 11 is 0. The molecular formula is C60H48N12. The second-order valence-corrected chi connectivity index (χ2v) is 18.6. The van der Waals surface area contributed by atoms with Gasteiger partial charge in [-0.15, -0.1) is 0 Å². The highest BCUT2D eigenvalue weighted by molar-refractivity contribution is 6.17. The molecule has 0 amide bonds. The van der Waals surface area contributed by atoms with E-state index in [2.05, 4.69) is 202 Å². The summed E-state index contributed by atoms with van der Waals surface area (Å²) in [5.74, 6) is 2.58. The predicted octanol–water partition coefficient (Wildman–Crippen LogP) is 13.9. The van der Waals surface area contributed by atoms with E-state index in [1.54, 1.807) is 0 Å². The Morgan fingerprint density at radius 3 is 0.819 bits per heavy atom. The number of nitrogens with one attached hydrogen (secondary N) is 8. The number of H-pyrrole nitrogens is 4. The van der Waals surface area contributed by atoms with Crippen molar-refractivity contribution in [1.82, 2.24) is 19.9 Å². The van der Waals surface area contributed by atoms with Crippen molar-refractivity contribution >= 4 is 112 Å². The quantitative estimate of drug-likeness (QED) is 0.0762. The zero-order valence-electron chi connectivity index (χ0n) is 40.0. The van der Waals surface area contributed by atoms with Crippen LogP contribution >= 0.6 is 0 Å². The fraction of sp³-hybridized carbons (Fsp3) is 0.0667. The van der Waals surface area contributed by atoms with Crippen LogP contribution in [0.5, 0.6) is 0 Å². The van der Waals surface area contributed by atoms with E-state index in [9.17, 15) is 0 Å². The Balaban J connectivity index is 1.23. The molecule has 0 spiro atoms. The molecule has 12 heteroatoms. The van der Waals surface area contributed by atoms with Crippen molar-refractivity contribution in [3.63, 3.8) is 0 Å². The number of rotatable bonds is 8. The number of aromatic amines is 4. The third kappa shape index (κ3) is 7.58. The zero-order valence-corrected chi connectivity index (χ0v) is 40.0. The molecule has 0 saturated carbocycles. The van der Waals surface area contributed by atoms with Gasteiger partial charge in [-0.2, -0.15) is 0 Å². The van der Waals surface area contributed by atoms with Crippen molar-refractivity contribution in [2.24, 2.45) is 20.0 Å². The first-order valence-corrected chi connectivity index (χ1v) is 24.1. The number of nitrogens with zero attached hydrogens (tertiary/aromatic N) is 4. The molecule has 13 rings (SSSR count). The molecule has 0 atom stereocenters. The Hall–Kier alpha value is -9.68. The van der Waals surface area contributed by atoms with Gasteiger partial charge in [0.1, 0.15) is 45.2 Å². The molecule has 72 heavy (non-hydrogen) atoms. The van der Waals surface area contributed by atoms with Gasteiger partial charge in [-0.25, -0.2) is 20.0 Å². The SMILES string of the molecule is Cc1ccc(Nc2c(Nc3ccc(C)cc3)c(Nc3ccc(C)cc3)c3c4[nH]c(c3c2Nc2ccc(C)cc2)=Nc2[nH]c(c3ccccc23)N=c2[nH]c(c3ccccc23)=Nc2[nH]c(c3ccccc23)N=4)cc1. The molecule has 12 aromatic rings. The number of anilines is 8. The van der Waals surface area contributed by atoms with Crippen LogP contribution in [0.3, 0.4) is 0 Å². The second-order valence-electron chi connectivity index (χ2n) is 18.6. The van der Waals surface area contributed by atoms with E-state index < -0.39 is 0 Å². The van der Waals surface area contributed by atoms with Gasteiger partial charge in [-0.1, -0.05) is 144 Å². The summed E-state index contributed by atoms with van der Waals surface area (Å²) in [6.07, 6.45) is 0. The number of aryl methyl sites for hydroxylation is 4. The number of benzene rings is 8. The van der Waals surface area contributed by atoms with Gasteiger partial charge in [0.05, 0.1) is 33.5 Å². The van der Waals surface area contributed by atoms with Crippen LogP contribution in [-0.2, 0) is 0 Å². The van der Waals surface area contributed by atoms with Crippen LogP contribution in [0.2, 0.25) is 0 Å². The minimum atomic E-state index is 0.568. The second kappa shape index (κ2) is 17.1. The van der Waals surface area contributed by atoms with E-state index >= 15 is 0 Å². The van der Waals surface area contributed by atoms with Gasteiger partial charge in [-0.05, 0) is 76.2 Å². The van der Waals surface area contributed by atoms with Crippen molar-refractivity contribution in [2.75, 3.05) is 21.3 Å². The first kappa shape index (κ1) is 42.4. The minimum absolute atomic E-state index is 0.568. The van der Waals surface area contributed by atoms with Crippen molar-refractivity contribution in [2.45, 2.75) is 27.7 Å². The van der Waals surface area contributed by atoms with Crippen molar-refractivity contribution < 1.29 is 0 Å². The van der Waals surface area contributed by atoms with Crippen LogP contribution in [0.4, 0.5) is 68.8 Å². The van der Waals surface area contributed by atoms with Gasteiger partial charge < -0.3 is 41.2 Å². The molecule has 0 fully saturated rings. The zero-order chi connectivity index (χ0) is 48.5. The van der Waals surface area contributed by atoms with Gasteiger partial charge >= 0.3 is 0 Å². The van der Waals surface area contributed by atoms with E-state index in [-0.39, 0.29) is 0 Å². The first-order chi connectivity index (χ1) is 35.3. The maximum atomic E-state index is 5.62. The van der Waals surface area contributed by atoms with Gasteiger partial charge in [0.2, 0.25) is 0 Å². The van der Waals surface area contributed by atoms with E-state index in [1.807, 2.05) is 36.4 Å². The maximum Gasteiger partial charge on any atom is 0.144 e. The largest absolute Gasteiger partial charge is 0.353 e. The third-order valence-electron chi connectivity index (χ3n) is 13.4. The van der Waals surface area contributed by atoms with Crippen LogP contribution in [0, 0.1) is 27.7 Å². The van der Waals surface area contributed by atoms with Gasteiger partial charge in [0, 0.05) is 55.1 Å². The summed E-state index contributed by atoms with van der Waals surface area (Å²) < 4.78 is 0. The highest BCUT2D eigenvalue weighted by Gasteiger charge is 2.26. The molecule has 4 aromatic heterocycles. The van der Waals surface area contributed by atoms with Gasteiger partial charge in [0.15, 0.2) is 0 Å². The molecule has 0 radical (unpaired) electrons. The number of fused-ring (bicyclic) bond motifs is 20. The molecule has 1 aliphatic rings. The Morgan fingerprint density at radius 2 is 0.514 bits per heavy atom. The Kier molecular flexibility index (Phi) is 10.1. The monoisotopic (exact) mass is 936 g/mol. The molecule has 5 heterocycles. The molecule has 0 unspecified atom stereocenters. The van der Waals surface area contributed by atoms with Crippen LogP contribution in [0.25, 0.3) is 43.1 Å². The lowest BCUT2D eigenvalue weighted by Gasteiger charge is -2.25. The van der Waals surface area contributed by atoms with E-state index in [4.69, 9.17) is 20.0 Å². The Labute approximate surface area is 413 Å². The van der Waals surface area contributed by atoms with Crippen molar-refractivity contribution in [3.8, 4) is 0 Å². The smallest absolute Gasteiger partial charge is 0.144 e. The van der Waals surface area contributed by atoms with Gasteiger partial charge in [-0.3, -0.25) is 0 Å². The summed E-state index contributed by atoms with van der Waals surface area (Å²) in [5.41, 5.74) is 13.8. The maximum absolute atomic E-state index is 5.62. The Morgan fingerprint density at radius 1 is 0.264 bits per heavy atom. The van der Waals surface area contributed by atoms with Gasteiger partial charge in [0.25, 0.3) is 0 Å². The van der Waals surface area contributed by atoms with Crippen LogP contribution in [0.1, 0.15) is 22.3 Å². The average Bonchev–Trinajstić information content (AvgIpc) is 4.14. The van der Waals surface area contributed by atoms with Crippen molar-refractivity contribution in [1.29, 1.82) is 0 Å². The topological polar surface area (TPSA) is 161 Å². The van der Waals surface area contributed by atoms with Crippen LogP contribution in [0.15, 0.2) is 190 Å². The standard InChI is InChI=1S/C60H48N12/c1-33-17-25-37(26-18-33)61-49-47-48(50(62-38-27-19-34(2)20-28-38)52(64-40-31-23-36(4)24-32-40)51(49)63-39-29-21-35(3)22-30-39)60-71-58-46-16-10-8-14-44(46)56(69-58)67-54-42-12-6-5-11-41(42)53(65-54)66-55-43-13-7-9-15-45(43)57(68-55)70-59(47)72-60/h5-32,61-64H,1-4H3,(H4,65,66,67,68,69,70,71,72). The van der Waals surface area contributed by atoms with Crippen LogP contribution in [-0.4, -0.2) is 19.9 Å². The number of hydrogen-bond donors (Lipinski definition) is 8. The highest BCUT2D eigenvalue weighted by Crippen LogP contribution is 2.48. The molecule has 8 N–H and O–H groups in total. The first-order valence-electron chi connectivity index (χ1n) is 24.1. The third-order valence-corrected chi connectivity index (χ3v) is 13.4. The molecular weight excluding hydrogens is 889 g/mol. The van der Waals surface area contributed by atoms with E-state index in [0.29, 0.717) is 45.2 Å². The molecule has 8 aromatic carbocycles. The highest BCUT2D eigenvalue weighted by atomic mass is 15.1. The molecule has 0 saturated heterocycles. The Bertz CT molecular complexity index is 4070. The molecule has 0 aliphatic carbocycles. The molecule has 12 nitrogen and oxygen atoms in total. The molecule has 348 valence electrons. The predicted molar refractivity (Wildman–Crippen MR) is 294 cm³/mol. The fourth-order valence-corrected chi connectivity index (χ4v) is 9.66. The minimum Gasteiger partial charge on any atom is -0.353 e. The number of hydrogen-bond acceptors (Lipinski definition) is 8. The molecule has 8 bridgehead atoms.